The molecule has 0 saturated carbocycles. The van der Waals surface area contributed by atoms with Gasteiger partial charge in [-0.1, -0.05) is 18.2 Å². The Kier molecular flexibility index (Phi) is 4.66. The van der Waals surface area contributed by atoms with Gasteiger partial charge in [-0.05, 0) is 37.3 Å². The molecule has 28 heavy (non-hydrogen) atoms. The van der Waals surface area contributed by atoms with Gasteiger partial charge < -0.3 is 14.4 Å². The van der Waals surface area contributed by atoms with E-state index in [9.17, 15) is 9.00 Å². The number of para-hydroxylation sites is 1. The van der Waals surface area contributed by atoms with Crippen molar-refractivity contribution in [3.05, 3.63) is 70.9 Å². The molecule has 9 heteroatoms. The first kappa shape index (κ1) is 17.9. The average molecular weight is 395 g/mol. The van der Waals surface area contributed by atoms with Crippen LogP contribution in [-0.4, -0.2) is 30.0 Å². The lowest BCUT2D eigenvalue weighted by Gasteiger charge is -2.12. The van der Waals surface area contributed by atoms with Gasteiger partial charge in [-0.2, -0.15) is 5.10 Å². The van der Waals surface area contributed by atoms with Crippen molar-refractivity contribution in [1.82, 2.24) is 19.6 Å². The van der Waals surface area contributed by atoms with Gasteiger partial charge in [0.15, 0.2) is 11.3 Å². The van der Waals surface area contributed by atoms with Crippen LogP contribution in [0.4, 0.5) is 5.69 Å². The molecular formula is C19H17N5O3S. The SMILES string of the molecule is Cc1nc(-c2cc(NS(C)=O)ccc2Oc2ccccc2)n2nc[nH]c(=O)c12. The summed E-state index contributed by atoms with van der Waals surface area (Å²) in [6, 6.07) is 14.6. The summed E-state index contributed by atoms with van der Waals surface area (Å²) in [5.41, 5.74) is 1.88. The number of nitrogens with one attached hydrogen (secondary N) is 2. The van der Waals surface area contributed by atoms with Gasteiger partial charge in [0.1, 0.15) is 28.8 Å². The number of hydrogen-bond acceptors (Lipinski definition) is 5. The maximum atomic E-state index is 12.2. The molecule has 0 aliphatic carbocycles. The highest BCUT2D eigenvalue weighted by Crippen LogP contribution is 2.35. The minimum absolute atomic E-state index is 0.277. The van der Waals surface area contributed by atoms with Crippen LogP contribution in [0.25, 0.3) is 16.9 Å². The van der Waals surface area contributed by atoms with Crippen LogP contribution >= 0.6 is 0 Å². The molecule has 8 nitrogen and oxygen atoms in total. The van der Waals surface area contributed by atoms with E-state index in [1.165, 1.54) is 10.8 Å². The normalized spacial score (nSPS) is 12.1. The summed E-state index contributed by atoms with van der Waals surface area (Å²) in [6.45, 7) is 1.75. The summed E-state index contributed by atoms with van der Waals surface area (Å²) in [6.07, 6.45) is 2.87. The van der Waals surface area contributed by atoms with Gasteiger partial charge >= 0.3 is 0 Å². The van der Waals surface area contributed by atoms with Crippen molar-refractivity contribution in [3.63, 3.8) is 0 Å². The number of nitrogens with zero attached hydrogens (tertiary/aromatic N) is 3. The second-order valence-corrected chi connectivity index (χ2v) is 7.19. The Hall–Kier alpha value is -3.46. The maximum Gasteiger partial charge on any atom is 0.277 e. The quantitative estimate of drug-likeness (QED) is 0.541. The molecule has 2 aromatic heterocycles. The topological polar surface area (TPSA) is 101 Å². The van der Waals surface area contributed by atoms with Crippen LogP contribution in [0.5, 0.6) is 11.5 Å². The van der Waals surface area contributed by atoms with E-state index in [1.807, 2.05) is 30.3 Å². The first-order chi connectivity index (χ1) is 13.5. The first-order valence-corrected chi connectivity index (χ1v) is 9.99. The van der Waals surface area contributed by atoms with E-state index in [0.29, 0.717) is 39.8 Å². The average Bonchev–Trinajstić information content (AvgIpc) is 3.01. The number of aromatic amines is 1. The summed E-state index contributed by atoms with van der Waals surface area (Å²) < 4.78 is 22.0. The molecule has 2 N–H and O–H groups in total. The van der Waals surface area contributed by atoms with Crippen LogP contribution in [0.3, 0.4) is 0 Å². The van der Waals surface area contributed by atoms with E-state index < -0.39 is 11.0 Å². The molecule has 0 aliphatic heterocycles. The maximum absolute atomic E-state index is 12.2. The van der Waals surface area contributed by atoms with Crippen LogP contribution in [0.1, 0.15) is 5.69 Å². The molecule has 142 valence electrons. The Labute approximate surface area is 162 Å². The fraction of sp³-hybridized carbons (Fsp3) is 0.105. The molecule has 2 aromatic carbocycles. The van der Waals surface area contributed by atoms with Gasteiger partial charge in [0.2, 0.25) is 0 Å². The van der Waals surface area contributed by atoms with Crippen molar-refractivity contribution in [3.8, 4) is 22.9 Å². The van der Waals surface area contributed by atoms with Gasteiger partial charge in [-0.3, -0.25) is 4.79 Å². The highest BCUT2D eigenvalue weighted by Gasteiger charge is 2.18. The number of hydrogen-bond donors (Lipinski definition) is 2. The Balaban J connectivity index is 1.92. The third kappa shape index (κ3) is 3.39. The number of ether oxygens (including phenoxy) is 1. The number of aromatic nitrogens is 4. The highest BCUT2D eigenvalue weighted by atomic mass is 32.2. The molecule has 4 rings (SSSR count). The van der Waals surface area contributed by atoms with Crippen molar-refractivity contribution >= 4 is 22.2 Å². The second kappa shape index (κ2) is 7.28. The van der Waals surface area contributed by atoms with Gasteiger partial charge in [0, 0.05) is 11.9 Å². The van der Waals surface area contributed by atoms with Gasteiger partial charge in [0.25, 0.3) is 5.56 Å². The van der Waals surface area contributed by atoms with Gasteiger partial charge in [-0.15, -0.1) is 0 Å². The summed E-state index contributed by atoms with van der Waals surface area (Å²) in [4.78, 5) is 19.3. The molecular weight excluding hydrogens is 378 g/mol. The zero-order chi connectivity index (χ0) is 19.7. The monoisotopic (exact) mass is 395 g/mol. The standard InChI is InChI=1S/C19H17N5O3S/c1-12-17-19(25)20-11-21-24(17)18(22-12)15-10-13(23-28(2)26)8-9-16(15)27-14-6-4-3-5-7-14/h3-11,23H,1-2H3,(H,20,21,25). The largest absolute Gasteiger partial charge is 0.457 e. The van der Waals surface area contributed by atoms with E-state index in [0.717, 1.165) is 0 Å². The summed E-state index contributed by atoms with van der Waals surface area (Å²) in [5.74, 6) is 1.65. The summed E-state index contributed by atoms with van der Waals surface area (Å²) in [7, 11) is -1.24. The molecule has 0 amide bonds. The zero-order valence-corrected chi connectivity index (χ0v) is 16.0. The number of H-pyrrole nitrogens is 1. The molecule has 1 atom stereocenters. The fourth-order valence-corrected chi connectivity index (χ4v) is 3.38. The van der Waals surface area contributed by atoms with Gasteiger partial charge in [-0.25, -0.2) is 13.7 Å². The highest BCUT2D eigenvalue weighted by molar-refractivity contribution is 7.85. The van der Waals surface area contributed by atoms with Crippen LogP contribution < -0.4 is 15.0 Å². The van der Waals surface area contributed by atoms with E-state index in [2.05, 4.69) is 19.8 Å². The van der Waals surface area contributed by atoms with Crippen molar-refractivity contribution in [1.29, 1.82) is 0 Å². The van der Waals surface area contributed by atoms with E-state index in [1.54, 1.807) is 31.4 Å². The molecule has 0 aliphatic rings. The molecule has 0 fully saturated rings. The van der Waals surface area contributed by atoms with Gasteiger partial charge in [0.05, 0.1) is 11.3 Å². The molecule has 0 radical (unpaired) electrons. The lowest BCUT2D eigenvalue weighted by molar-refractivity contribution is 0.484. The number of rotatable bonds is 5. The third-order valence-electron chi connectivity index (χ3n) is 4.07. The summed E-state index contributed by atoms with van der Waals surface area (Å²) in [5, 5.41) is 4.24. The van der Waals surface area contributed by atoms with Crippen LogP contribution in [0.2, 0.25) is 0 Å². The Morgan fingerprint density at radius 3 is 2.71 bits per heavy atom. The number of aryl methyl sites for hydroxylation is 1. The Morgan fingerprint density at radius 2 is 1.96 bits per heavy atom. The van der Waals surface area contributed by atoms with Crippen molar-refractivity contribution in [2.75, 3.05) is 11.0 Å². The second-order valence-electron chi connectivity index (χ2n) is 6.08. The third-order valence-corrected chi connectivity index (χ3v) is 4.59. The van der Waals surface area contributed by atoms with Crippen molar-refractivity contribution in [2.45, 2.75) is 6.92 Å². The zero-order valence-electron chi connectivity index (χ0n) is 15.2. The number of anilines is 1. The minimum Gasteiger partial charge on any atom is -0.457 e. The number of benzene rings is 2. The fourth-order valence-electron chi connectivity index (χ4n) is 2.92. The Morgan fingerprint density at radius 1 is 1.18 bits per heavy atom. The lowest BCUT2D eigenvalue weighted by Crippen LogP contribution is -2.11. The smallest absolute Gasteiger partial charge is 0.277 e. The number of imidazole rings is 1. The van der Waals surface area contributed by atoms with E-state index in [4.69, 9.17) is 4.74 Å². The molecule has 1 unspecified atom stereocenters. The first-order valence-electron chi connectivity index (χ1n) is 8.43. The molecule has 2 heterocycles. The number of fused-ring (bicyclic) bond motifs is 1. The van der Waals surface area contributed by atoms with Crippen LogP contribution in [0.15, 0.2) is 59.7 Å². The predicted octanol–water partition coefficient (Wildman–Crippen LogP) is 2.89. The molecule has 0 saturated heterocycles. The predicted molar refractivity (Wildman–Crippen MR) is 108 cm³/mol. The van der Waals surface area contributed by atoms with Crippen LogP contribution in [0, 0.1) is 6.92 Å². The van der Waals surface area contributed by atoms with Crippen molar-refractivity contribution < 1.29 is 8.95 Å². The molecule has 0 spiro atoms. The molecule has 0 bridgehead atoms. The minimum atomic E-state index is -1.24. The Bertz CT molecular complexity index is 1230. The molecule has 4 aromatic rings. The summed E-state index contributed by atoms with van der Waals surface area (Å²) >= 11 is 0. The van der Waals surface area contributed by atoms with E-state index in [-0.39, 0.29) is 5.56 Å². The van der Waals surface area contributed by atoms with E-state index >= 15 is 0 Å². The van der Waals surface area contributed by atoms with Crippen LogP contribution in [-0.2, 0) is 11.0 Å². The lowest BCUT2D eigenvalue weighted by atomic mass is 10.1. The van der Waals surface area contributed by atoms with Crippen molar-refractivity contribution in [2.24, 2.45) is 0 Å².